The first-order valence-corrected chi connectivity index (χ1v) is 9.96. The fourth-order valence-electron chi connectivity index (χ4n) is 2.84. The van der Waals surface area contributed by atoms with E-state index in [1.54, 1.807) is 29.0 Å². The monoisotopic (exact) mass is 420 g/mol. The molecule has 0 unspecified atom stereocenters. The lowest BCUT2D eigenvalue weighted by molar-refractivity contribution is -0.726. The van der Waals surface area contributed by atoms with Crippen LogP contribution < -0.4 is 15.2 Å². The van der Waals surface area contributed by atoms with Crippen LogP contribution >= 0.6 is 0 Å². The average Bonchev–Trinajstić information content (AvgIpc) is 2.73. The molecule has 0 bridgehead atoms. The van der Waals surface area contributed by atoms with E-state index in [0.717, 1.165) is 16.8 Å². The Hall–Kier alpha value is -3.81. The highest BCUT2D eigenvalue weighted by Gasteiger charge is 2.11. The first-order valence-electron chi connectivity index (χ1n) is 9.96. The Morgan fingerprint density at radius 3 is 2.74 bits per heavy atom. The number of aromatic nitrogens is 3. The van der Waals surface area contributed by atoms with E-state index in [1.807, 2.05) is 51.4 Å². The Kier molecular flexibility index (Phi) is 6.92. The van der Waals surface area contributed by atoms with Crippen LogP contribution in [0.4, 0.5) is 16.4 Å². The first-order chi connectivity index (χ1) is 14.8. The Morgan fingerprint density at radius 1 is 1.19 bits per heavy atom. The molecular weight excluding hydrogens is 394 g/mol. The summed E-state index contributed by atoms with van der Waals surface area (Å²) in [5.41, 5.74) is 3.93. The summed E-state index contributed by atoms with van der Waals surface area (Å²) < 4.78 is 6.97. The number of aryl methyl sites for hydroxylation is 1. The maximum absolute atomic E-state index is 11.7. The van der Waals surface area contributed by atoms with Crippen molar-refractivity contribution in [3.05, 3.63) is 66.1 Å². The second-order valence-corrected chi connectivity index (χ2v) is 7.44. The Morgan fingerprint density at radius 2 is 2.00 bits per heavy atom. The zero-order chi connectivity index (χ0) is 22.4. The molecule has 2 N–H and O–H groups in total. The number of Topliss-reactive ketones (excluding diaryl/α,β-unsaturated/α-hetero) is 1. The molecule has 2 heterocycles. The Labute approximate surface area is 181 Å². The molecule has 0 spiro atoms. The normalized spacial score (nSPS) is 10.6. The number of rotatable bonds is 7. The third-order valence-corrected chi connectivity index (χ3v) is 4.45. The molecule has 3 aromatic rings. The first kappa shape index (κ1) is 21.9. The summed E-state index contributed by atoms with van der Waals surface area (Å²) in [6, 6.07) is 11.1. The number of nitrogens with one attached hydrogen (secondary N) is 2. The SMILES string of the molecule is CC(=O)c1ccc(C)c(Nc2nccc(-c3ccc[n+](COC(=O)NC(C)C)c3)n2)c1. The molecule has 0 saturated carbocycles. The number of carbonyl (C=O) groups is 2. The van der Waals surface area contributed by atoms with Crippen molar-refractivity contribution < 1.29 is 18.9 Å². The van der Waals surface area contributed by atoms with E-state index in [9.17, 15) is 9.59 Å². The predicted octanol–water partition coefficient (Wildman–Crippen LogP) is 3.78. The summed E-state index contributed by atoms with van der Waals surface area (Å²) in [4.78, 5) is 32.3. The number of hydrogen-bond donors (Lipinski definition) is 2. The van der Waals surface area contributed by atoms with Gasteiger partial charge in [0.25, 0.3) is 6.73 Å². The third kappa shape index (κ3) is 6.08. The van der Waals surface area contributed by atoms with Crippen molar-refractivity contribution in [2.45, 2.75) is 40.5 Å². The summed E-state index contributed by atoms with van der Waals surface area (Å²) in [6.45, 7) is 7.30. The molecule has 2 aromatic heterocycles. The molecule has 1 amide bonds. The van der Waals surface area contributed by atoms with Crippen molar-refractivity contribution in [1.29, 1.82) is 0 Å². The highest BCUT2D eigenvalue weighted by molar-refractivity contribution is 5.95. The van der Waals surface area contributed by atoms with Gasteiger partial charge in [0.15, 0.2) is 18.2 Å². The van der Waals surface area contributed by atoms with Gasteiger partial charge in [-0.15, -0.1) is 0 Å². The van der Waals surface area contributed by atoms with Crippen LogP contribution in [0.5, 0.6) is 0 Å². The lowest BCUT2D eigenvalue weighted by Crippen LogP contribution is -2.39. The van der Waals surface area contributed by atoms with Gasteiger partial charge in [0.1, 0.15) is 0 Å². The third-order valence-electron chi connectivity index (χ3n) is 4.45. The van der Waals surface area contributed by atoms with Crippen LogP contribution in [0.1, 0.15) is 36.7 Å². The van der Waals surface area contributed by atoms with Gasteiger partial charge in [0.2, 0.25) is 5.95 Å². The van der Waals surface area contributed by atoms with Gasteiger partial charge in [-0.2, -0.15) is 4.57 Å². The van der Waals surface area contributed by atoms with E-state index in [-0.39, 0.29) is 18.6 Å². The number of pyridine rings is 1. The van der Waals surface area contributed by atoms with Crippen LogP contribution in [-0.4, -0.2) is 27.9 Å². The number of carbonyl (C=O) groups excluding carboxylic acids is 2. The van der Waals surface area contributed by atoms with Crippen molar-refractivity contribution >= 4 is 23.5 Å². The minimum atomic E-state index is -0.468. The van der Waals surface area contributed by atoms with Gasteiger partial charge in [-0.25, -0.2) is 14.8 Å². The highest BCUT2D eigenvalue weighted by Crippen LogP contribution is 2.22. The van der Waals surface area contributed by atoms with Gasteiger partial charge in [0.05, 0.1) is 11.3 Å². The highest BCUT2D eigenvalue weighted by atomic mass is 16.6. The molecule has 160 valence electrons. The van der Waals surface area contributed by atoms with Crippen molar-refractivity contribution in [3.8, 4) is 11.3 Å². The topological polar surface area (TPSA) is 97.1 Å². The zero-order valence-corrected chi connectivity index (χ0v) is 18.0. The fraction of sp³-hybridized carbons (Fsp3) is 0.261. The van der Waals surface area contributed by atoms with Crippen LogP contribution in [0.3, 0.4) is 0 Å². The molecule has 8 nitrogen and oxygen atoms in total. The number of ketones is 1. The maximum atomic E-state index is 11.7. The minimum absolute atomic E-state index is 0.00384. The summed E-state index contributed by atoms with van der Waals surface area (Å²) >= 11 is 0. The molecule has 1 aromatic carbocycles. The standard InChI is InChI=1S/C23H25N5O3/c1-15(2)25-23(30)31-14-28-11-5-6-19(13-28)20-9-10-24-22(26-20)27-21-12-18(17(4)29)8-7-16(21)3/h5-13,15H,14H2,1-4H3,(H-,24,25,26,27,30)/p+1. The zero-order valence-electron chi connectivity index (χ0n) is 18.0. The molecule has 0 atom stereocenters. The quantitative estimate of drug-likeness (QED) is 0.446. The van der Waals surface area contributed by atoms with E-state index < -0.39 is 6.09 Å². The van der Waals surface area contributed by atoms with Crippen LogP contribution in [0.15, 0.2) is 55.0 Å². The molecule has 0 aliphatic carbocycles. The maximum Gasteiger partial charge on any atom is 0.412 e. The molecule has 3 rings (SSSR count). The largest absolute Gasteiger partial charge is 0.412 e. The van der Waals surface area contributed by atoms with Crippen molar-refractivity contribution in [1.82, 2.24) is 15.3 Å². The average molecular weight is 420 g/mol. The van der Waals surface area contributed by atoms with E-state index in [2.05, 4.69) is 20.6 Å². The minimum Gasteiger partial charge on any atom is -0.388 e. The Balaban J connectivity index is 1.77. The van der Waals surface area contributed by atoms with E-state index in [0.29, 0.717) is 17.2 Å². The van der Waals surface area contributed by atoms with Gasteiger partial charge in [-0.3, -0.25) is 4.79 Å². The van der Waals surface area contributed by atoms with Crippen molar-refractivity contribution in [2.24, 2.45) is 0 Å². The van der Waals surface area contributed by atoms with Crippen LogP contribution in [0.25, 0.3) is 11.3 Å². The lowest BCUT2D eigenvalue weighted by Gasteiger charge is -2.10. The number of anilines is 2. The van der Waals surface area contributed by atoms with Crippen LogP contribution in [-0.2, 0) is 11.5 Å². The van der Waals surface area contributed by atoms with Gasteiger partial charge >= 0.3 is 6.09 Å². The molecule has 8 heteroatoms. The second-order valence-electron chi connectivity index (χ2n) is 7.44. The number of benzene rings is 1. The lowest BCUT2D eigenvalue weighted by atomic mass is 10.1. The number of ether oxygens (including phenoxy) is 1. The summed E-state index contributed by atoms with van der Waals surface area (Å²) in [5.74, 6) is 0.417. The van der Waals surface area contributed by atoms with Crippen molar-refractivity contribution in [2.75, 3.05) is 5.32 Å². The molecule has 31 heavy (non-hydrogen) atoms. The van der Waals surface area contributed by atoms with E-state index in [1.165, 1.54) is 6.92 Å². The van der Waals surface area contributed by atoms with Gasteiger partial charge in [-0.1, -0.05) is 12.1 Å². The molecule has 0 aliphatic rings. The van der Waals surface area contributed by atoms with Gasteiger partial charge in [0, 0.05) is 29.6 Å². The molecule has 0 fully saturated rings. The molecule has 0 saturated heterocycles. The fourth-order valence-corrected chi connectivity index (χ4v) is 2.84. The number of amides is 1. The number of nitrogens with zero attached hydrogens (tertiary/aromatic N) is 3. The van der Waals surface area contributed by atoms with Gasteiger partial charge in [-0.05, 0) is 51.5 Å². The molecule has 0 radical (unpaired) electrons. The van der Waals surface area contributed by atoms with Crippen LogP contribution in [0.2, 0.25) is 0 Å². The number of hydrogen-bond acceptors (Lipinski definition) is 6. The molecule has 0 aliphatic heterocycles. The van der Waals surface area contributed by atoms with Crippen molar-refractivity contribution in [3.63, 3.8) is 0 Å². The van der Waals surface area contributed by atoms with Gasteiger partial charge < -0.3 is 15.4 Å². The van der Waals surface area contributed by atoms with E-state index in [4.69, 9.17) is 4.74 Å². The van der Waals surface area contributed by atoms with E-state index >= 15 is 0 Å². The summed E-state index contributed by atoms with van der Waals surface area (Å²) in [7, 11) is 0. The van der Waals surface area contributed by atoms with Crippen LogP contribution in [0, 0.1) is 6.92 Å². The second kappa shape index (κ2) is 9.80. The number of alkyl carbamates (subject to hydrolysis) is 1. The summed E-state index contributed by atoms with van der Waals surface area (Å²) in [5, 5.41) is 5.87. The smallest absolute Gasteiger partial charge is 0.388 e. The Bertz CT molecular complexity index is 1100. The summed E-state index contributed by atoms with van der Waals surface area (Å²) in [6.07, 6.45) is 4.85. The molecular formula is C23H26N5O3+. The predicted molar refractivity (Wildman–Crippen MR) is 117 cm³/mol.